The molecular weight excluding hydrogens is 156 g/mol. The summed E-state index contributed by atoms with van der Waals surface area (Å²) in [4.78, 5) is 9.54. The molecule has 0 atom stereocenters. The van der Waals surface area contributed by atoms with Crippen molar-refractivity contribution < 1.29 is 57.3 Å². The zero-order valence-corrected chi connectivity index (χ0v) is 8.20. The van der Waals surface area contributed by atoms with Gasteiger partial charge in [0.15, 0.2) is 0 Å². The van der Waals surface area contributed by atoms with Gasteiger partial charge in [0, 0.05) is 0 Å². The Morgan fingerprint density at radius 1 is 1.67 bits per heavy atom. The van der Waals surface area contributed by atoms with Gasteiger partial charge >= 0.3 is 35.5 Å². The van der Waals surface area contributed by atoms with E-state index in [1.807, 2.05) is 0 Å². The van der Waals surface area contributed by atoms with E-state index in [9.17, 15) is 4.79 Å². The second-order valence-electron chi connectivity index (χ2n) is 0.924. The van der Waals surface area contributed by atoms with Crippen LogP contribution in [-0.4, -0.2) is 30.1 Å². The first-order valence-corrected chi connectivity index (χ1v) is 1.63. The Kier molecular flexibility index (Phi) is 39.9. The molecule has 4 nitrogen and oxygen atoms in total. The Hall–Kier alpha value is 0.680. The molecule has 52 valence electrons. The van der Waals surface area contributed by atoms with E-state index in [2.05, 4.69) is 5.32 Å². The molecule has 0 aliphatic heterocycles. The molecule has 0 saturated heterocycles. The summed E-state index contributed by atoms with van der Waals surface area (Å²) in [6, 6.07) is 0. The third kappa shape index (κ3) is 28.6. The van der Waals surface area contributed by atoms with Crippen LogP contribution in [0.3, 0.4) is 0 Å². The summed E-state index contributed by atoms with van der Waals surface area (Å²) in [6.07, 6.45) is 0. The number of nitrogens with one attached hydrogen (secondary N) is 1. The van der Waals surface area contributed by atoms with Crippen LogP contribution in [0.15, 0.2) is 0 Å². The quantitative estimate of drug-likeness (QED) is 0.399. The fraction of sp³-hybridized carbons (Fsp3) is 0.667. The monoisotopic (exact) mass is 165 g/mol. The van der Waals surface area contributed by atoms with Gasteiger partial charge in [-0.25, -0.2) is 0 Å². The van der Waals surface area contributed by atoms with Gasteiger partial charge in [-0.1, -0.05) is 0 Å². The van der Waals surface area contributed by atoms with Gasteiger partial charge in [0.05, 0.1) is 6.54 Å². The summed E-state index contributed by atoms with van der Waals surface area (Å²) in [5, 5.41) is 10.3. The van der Waals surface area contributed by atoms with Gasteiger partial charge < -0.3 is 28.3 Å². The van der Waals surface area contributed by atoms with Gasteiger partial charge in [0.25, 0.3) is 0 Å². The molecule has 0 amide bonds. The maximum absolute atomic E-state index is 9.54. The van der Waals surface area contributed by atoms with Gasteiger partial charge in [-0.05, 0) is 7.05 Å². The first-order chi connectivity index (χ1) is 2.77. The number of halogens is 1. The fourth-order valence-electron chi connectivity index (χ4n) is 0.151. The molecule has 0 aliphatic carbocycles. The number of hydrogen-bond acceptors (Lipinski definition) is 2. The predicted molar refractivity (Wildman–Crippen MR) is 25.2 cm³/mol. The predicted octanol–water partition coefficient (Wildman–Crippen LogP) is -7.53. The van der Waals surface area contributed by atoms with Crippen molar-refractivity contribution in [2.24, 2.45) is 0 Å². The molecular formula is C3H9ClNNaO3. The van der Waals surface area contributed by atoms with Crippen molar-refractivity contribution in [1.82, 2.24) is 5.32 Å². The second-order valence-corrected chi connectivity index (χ2v) is 0.924. The standard InChI is InChI=1S/C3H7NO2.ClH.Na.H2O/c1-4-2-3(5)6;;;/h4H,2H2,1H3,(H,5,6);1H;;1H2/q;;+1;/p-1. The zero-order chi connectivity index (χ0) is 4.99. The number of rotatable bonds is 2. The first kappa shape index (κ1) is 22.6. The molecule has 0 fully saturated rings. The number of likely N-dealkylation sites (N-methyl/N-ethyl adjacent to an activating group) is 1. The molecule has 0 aromatic heterocycles. The molecule has 0 radical (unpaired) electrons. The third-order valence-corrected chi connectivity index (χ3v) is 0.328. The number of hydrogen-bond donors (Lipinski definition) is 2. The van der Waals surface area contributed by atoms with Crippen LogP contribution in [0.25, 0.3) is 0 Å². The molecule has 0 aromatic rings. The largest absolute Gasteiger partial charge is 1.00 e. The van der Waals surface area contributed by atoms with Crippen LogP contribution in [0.1, 0.15) is 0 Å². The van der Waals surface area contributed by atoms with Crippen LogP contribution in [0.4, 0.5) is 0 Å². The van der Waals surface area contributed by atoms with Crippen molar-refractivity contribution in [2.45, 2.75) is 0 Å². The number of carboxylic acid groups (broad SMARTS) is 1. The van der Waals surface area contributed by atoms with Gasteiger partial charge in [0.1, 0.15) is 0 Å². The van der Waals surface area contributed by atoms with Crippen molar-refractivity contribution in [1.29, 1.82) is 0 Å². The Morgan fingerprint density at radius 2 is 2.00 bits per heavy atom. The maximum atomic E-state index is 9.54. The summed E-state index contributed by atoms with van der Waals surface area (Å²) in [6.45, 7) is 0.0417. The van der Waals surface area contributed by atoms with Gasteiger partial charge in [-0.2, -0.15) is 0 Å². The average molecular weight is 166 g/mol. The van der Waals surface area contributed by atoms with Crippen LogP contribution in [0.2, 0.25) is 0 Å². The molecule has 6 heteroatoms. The minimum atomic E-state index is -0.822. The molecule has 0 rings (SSSR count). The number of aliphatic carboxylic acids is 1. The Morgan fingerprint density at radius 3 is 2.00 bits per heavy atom. The van der Waals surface area contributed by atoms with E-state index in [0.29, 0.717) is 0 Å². The van der Waals surface area contributed by atoms with E-state index < -0.39 is 5.97 Å². The van der Waals surface area contributed by atoms with Gasteiger partial charge in [-0.3, -0.25) is 4.79 Å². The molecule has 0 unspecified atom stereocenters. The number of carboxylic acids is 1. The minimum Gasteiger partial charge on any atom is -1.00 e. The Balaban J connectivity index is -0.0000000417. The normalized spacial score (nSPS) is 5.44. The summed E-state index contributed by atoms with van der Waals surface area (Å²) in [7, 11) is 1.59. The molecule has 0 heterocycles. The van der Waals surface area contributed by atoms with E-state index in [-0.39, 0.29) is 54.0 Å². The first-order valence-electron chi connectivity index (χ1n) is 1.63. The van der Waals surface area contributed by atoms with E-state index in [1.54, 1.807) is 7.05 Å². The molecule has 9 heavy (non-hydrogen) atoms. The number of carbonyl (C=O) groups is 1. The van der Waals surface area contributed by atoms with Crippen LogP contribution in [0, 0.1) is 0 Å². The van der Waals surface area contributed by atoms with Gasteiger partial charge in [0.2, 0.25) is 0 Å². The molecule has 0 bridgehead atoms. The van der Waals surface area contributed by atoms with Crippen LogP contribution < -0.4 is 47.3 Å². The molecule has 0 aliphatic rings. The summed E-state index contributed by atoms with van der Waals surface area (Å²) in [5.41, 5.74) is 0. The van der Waals surface area contributed by atoms with Crippen LogP contribution in [0.5, 0.6) is 0 Å². The van der Waals surface area contributed by atoms with E-state index in [1.165, 1.54) is 0 Å². The van der Waals surface area contributed by atoms with Crippen molar-refractivity contribution >= 4 is 5.97 Å². The Labute approximate surface area is 82.0 Å². The molecule has 0 spiro atoms. The molecule has 0 aromatic carbocycles. The van der Waals surface area contributed by atoms with E-state index in [4.69, 9.17) is 5.11 Å². The second kappa shape index (κ2) is 15.9. The minimum absolute atomic E-state index is 0. The van der Waals surface area contributed by atoms with Crippen LogP contribution >= 0.6 is 0 Å². The van der Waals surface area contributed by atoms with Crippen molar-refractivity contribution in [2.75, 3.05) is 13.6 Å². The fourth-order valence-corrected chi connectivity index (χ4v) is 0.151. The van der Waals surface area contributed by atoms with E-state index >= 15 is 0 Å². The van der Waals surface area contributed by atoms with Crippen molar-refractivity contribution in [3.05, 3.63) is 0 Å². The summed E-state index contributed by atoms with van der Waals surface area (Å²) in [5.74, 6) is -0.822. The molecule has 0 saturated carbocycles. The van der Waals surface area contributed by atoms with Crippen molar-refractivity contribution in [3.63, 3.8) is 0 Å². The van der Waals surface area contributed by atoms with Crippen molar-refractivity contribution in [3.8, 4) is 0 Å². The summed E-state index contributed by atoms with van der Waals surface area (Å²) >= 11 is 0. The third-order valence-electron chi connectivity index (χ3n) is 0.328. The van der Waals surface area contributed by atoms with E-state index in [0.717, 1.165) is 0 Å². The smallest absolute Gasteiger partial charge is 1.00 e. The zero-order valence-electron chi connectivity index (χ0n) is 5.44. The molecule has 4 N–H and O–H groups in total. The van der Waals surface area contributed by atoms with Gasteiger partial charge in [-0.15, -0.1) is 0 Å². The van der Waals surface area contributed by atoms with Crippen LogP contribution in [-0.2, 0) is 4.79 Å². The Bertz CT molecular complexity index is 63.0. The summed E-state index contributed by atoms with van der Waals surface area (Å²) < 4.78 is 0. The topological polar surface area (TPSA) is 80.8 Å². The average Bonchev–Trinajstić information content (AvgIpc) is 1.35. The SMILES string of the molecule is CNCC(=O)O.O.[Cl-].[Na+]. The maximum Gasteiger partial charge on any atom is 1.00 e.